The van der Waals surface area contributed by atoms with Gasteiger partial charge in [-0.05, 0) is 50.8 Å². The first kappa shape index (κ1) is 17.7. The van der Waals surface area contributed by atoms with Gasteiger partial charge in [-0.1, -0.05) is 12.1 Å². The molecule has 1 fully saturated rings. The van der Waals surface area contributed by atoms with Gasteiger partial charge in [0.15, 0.2) is 0 Å². The van der Waals surface area contributed by atoms with Crippen molar-refractivity contribution in [2.45, 2.75) is 64.8 Å². The Kier molecular flexibility index (Phi) is 4.99. The summed E-state index contributed by atoms with van der Waals surface area (Å²) in [5.41, 5.74) is 2.88. The van der Waals surface area contributed by atoms with Gasteiger partial charge in [0.1, 0.15) is 5.60 Å². The van der Waals surface area contributed by atoms with Crippen LogP contribution in [0.2, 0.25) is 0 Å². The number of hydrogen-bond acceptors (Lipinski definition) is 4. The fourth-order valence-electron chi connectivity index (χ4n) is 3.07. The molecule has 25 heavy (non-hydrogen) atoms. The van der Waals surface area contributed by atoms with E-state index in [2.05, 4.69) is 21.6 Å². The summed E-state index contributed by atoms with van der Waals surface area (Å²) >= 11 is 0. The van der Waals surface area contributed by atoms with Crippen LogP contribution in [0, 0.1) is 0 Å². The van der Waals surface area contributed by atoms with Crippen molar-refractivity contribution in [1.29, 1.82) is 0 Å². The standard InChI is InChI=1S/C19H27N3O3/c1-19(2,3)25-18(24)20-10-9-17(23)21-16-6-4-5-13-11-22(12-15(13)16)14-7-8-14/h4-6,14H,7-12H2,1-3H3,(H,20,24)(H,21,23). The van der Waals surface area contributed by atoms with Crippen molar-refractivity contribution in [3.63, 3.8) is 0 Å². The van der Waals surface area contributed by atoms with Gasteiger partial charge in [0, 0.05) is 37.8 Å². The van der Waals surface area contributed by atoms with E-state index < -0.39 is 11.7 Å². The minimum absolute atomic E-state index is 0.102. The highest BCUT2D eigenvalue weighted by Gasteiger charge is 2.33. The van der Waals surface area contributed by atoms with Crippen molar-refractivity contribution in [3.8, 4) is 0 Å². The van der Waals surface area contributed by atoms with E-state index in [0.29, 0.717) is 6.04 Å². The number of amides is 2. The molecule has 0 radical (unpaired) electrons. The lowest BCUT2D eigenvalue weighted by atomic mass is 10.1. The van der Waals surface area contributed by atoms with E-state index in [-0.39, 0.29) is 18.9 Å². The molecule has 0 atom stereocenters. The van der Waals surface area contributed by atoms with Gasteiger partial charge in [-0.3, -0.25) is 9.69 Å². The molecule has 0 aromatic heterocycles. The van der Waals surface area contributed by atoms with Gasteiger partial charge >= 0.3 is 6.09 Å². The maximum Gasteiger partial charge on any atom is 0.407 e. The van der Waals surface area contributed by atoms with E-state index in [1.807, 2.05) is 12.1 Å². The molecule has 1 aliphatic carbocycles. The highest BCUT2D eigenvalue weighted by Crippen LogP contribution is 2.37. The minimum atomic E-state index is -0.537. The molecule has 1 heterocycles. The zero-order valence-electron chi connectivity index (χ0n) is 15.2. The van der Waals surface area contributed by atoms with Crippen molar-refractivity contribution in [3.05, 3.63) is 29.3 Å². The van der Waals surface area contributed by atoms with E-state index in [0.717, 1.165) is 18.8 Å². The molecular weight excluding hydrogens is 318 g/mol. The first-order valence-electron chi connectivity index (χ1n) is 8.93. The summed E-state index contributed by atoms with van der Waals surface area (Å²) in [6.45, 7) is 7.56. The zero-order valence-corrected chi connectivity index (χ0v) is 15.2. The van der Waals surface area contributed by atoms with Crippen LogP contribution in [0.15, 0.2) is 18.2 Å². The first-order chi connectivity index (χ1) is 11.8. The normalized spacial score (nSPS) is 17.1. The van der Waals surface area contributed by atoms with Gasteiger partial charge in [0.05, 0.1) is 0 Å². The fourth-order valence-corrected chi connectivity index (χ4v) is 3.07. The zero-order chi connectivity index (χ0) is 18.0. The molecule has 136 valence electrons. The number of rotatable bonds is 5. The maximum atomic E-state index is 12.2. The van der Waals surface area contributed by atoms with E-state index >= 15 is 0 Å². The third-order valence-electron chi connectivity index (χ3n) is 4.37. The number of ether oxygens (including phenoxy) is 1. The van der Waals surface area contributed by atoms with Crippen LogP contribution in [-0.2, 0) is 22.6 Å². The summed E-state index contributed by atoms with van der Waals surface area (Å²) < 4.78 is 5.15. The van der Waals surface area contributed by atoms with Gasteiger partial charge in [0.25, 0.3) is 0 Å². The molecule has 2 N–H and O–H groups in total. The highest BCUT2D eigenvalue weighted by molar-refractivity contribution is 5.92. The van der Waals surface area contributed by atoms with Crippen LogP contribution in [-0.4, -0.2) is 35.1 Å². The van der Waals surface area contributed by atoms with E-state index in [1.165, 1.54) is 24.0 Å². The molecule has 0 spiro atoms. The smallest absolute Gasteiger partial charge is 0.407 e. The second-order valence-electron chi connectivity index (χ2n) is 7.81. The Bertz CT molecular complexity index is 662. The largest absolute Gasteiger partial charge is 0.444 e. The Labute approximate surface area is 148 Å². The summed E-state index contributed by atoms with van der Waals surface area (Å²) in [6, 6.07) is 6.80. The van der Waals surface area contributed by atoms with Gasteiger partial charge in [0.2, 0.25) is 5.91 Å². The summed E-state index contributed by atoms with van der Waals surface area (Å²) in [5.74, 6) is -0.102. The number of anilines is 1. The number of fused-ring (bicyclic) bond motifs is 1. The molecule has 3 rings (SSSR count). The van der Waals surface area contributed by atoms with Crippen LogP contribution in [0.25, 0.3) is 0 Å². The minimum Gasteiger partial charge on any atom is -0.444 e. The predicted molar refractivity (Wildman–Crippen MR) is 96.2 cm³/mol. The topological polar surface area (TPSA) is 70.7 Å². The third kappa shape index (κ3) is 4.95. The molecule has 1 aromatic rings. The molecule has 0 bridgehead atoms. The number of carbonyl (C=O) groups is 2. The third-order valence-corrected chi connectivity index (χ3v) is 4.37. The molecule has 2 aliphatic rings. The lowest BCUT2D eigenvalue weighted by Gasteiger charge is -2.19. The van der Waals surface area contributed by atoms with Gasteiger partial charge in [-0.25, -0.2) is 4.79 Å². The van der Waals surface area contributed by atoms with Crippen molar-refractivity contribution >= 4 is 17.7 Å². The summed E-state index contributed by atoms with van der Waals surface area (Å²) in [6.07, 6.45) is 2.29. The van der Waals surface area contributed by atoms with Gasteiger partial charge in [-0.15, -0.1) is 0 Å². The van der Waals surface area contributed by atoms with Crippen LogP contribution < -0.4 is 10.6 Å². The SMILES string of the molecule is CC(C)(C)OC(=O)NCCC(=O)Nc1cccc2c1CN(C1CC1)C2. The number of nitrogens with one attached hydrogen (secondary N) is 2. The van der Waals surface area contributed by atoms with Crippen LogP contribution >= 0.6 is 0 Å². The van der Waals surface area contributed by atoms with Gasteiger partial charge < -0.3 is 15.4 Å². The molecule has 6 heteroatoms. The van der Waals surface area contributed by atoms with Crippen LogP contribution in [0.1, 0.15) is 51.2 Å². The number of nitrogens with zero attached hydrogens (tertiary/aromatic N) is 1. The van der Waals surface area contributed by atoms with Crippen LogP contribution in [0.5, 0.6) is 0 Å². The van der Waals surface area contributed by atoms with Crippen LogP contribution in [0.3, 0.4) is 0 Å². The van der Waals surface area contributed by atoms with Crippen molar-refractivity contribution in [2.75, 3.05) is 11.9 Å². The molecule has 1 saturated carbocycles. The molecule has 2 amide bonds. The molecule has 1 aliphatic heterocycles. The van der Waals surface area contributed by atoms with E-state index in [4.69, 9.17) is 4.74 Å². The van der Waals surface area contributed by atoms with Crippen molar-refractivity contribution < 1.29 is 14.3 Å². The second kappa shape index (κ2) is 7.04. The lowest BCUT2D eigenvalue weighted by Crippen LogP contribution is -2.34. The Morgan fingerprint density at radius 1 is 1.24 bits per heavy atom. The average molecular weight is 345 g/mol. The second-order valence-corrected chi connectivity index (χ2v) is 7.81. The maximum absolute atomic E-state index is 12.2. The fraction of sp³-hybridized carbons (Fsp3) is 0.579. The Balaban J connectivity index is 1.48. The first-order valence-corrected chi connectivity index (χ1v) is 8.93. The van der Waals surface area contributed by atoms with Crippen molar-refractivity contribution in [2.24, 2.45) is 0 Å². The molecule has 0 saturated heterocycles. The monoisotopic (exact) mass is 345 g/mol. The Morgan fingerprint density at radius 2 is 2.00 bits per heavy atom. The number of benzene rings is 1. The average Bonchev–Trinajstić information content (AvgIpc) is 3.25. The number of alkyl carbamates (subject to hydrolysis) is 1. The Hall–Kier alpha value is -2.08. The van der Waals surface area contributed by atoms with Crippen molar-refractivity contribution in [1.82, 2.24) is 10.2 Å². The quantitative estimate of drug-likeness (QED) is 0.860. The van der Waals surface area contributed by atoms with Crippen LogP contribution in [0.4, 0.5) is 10.5 Å². The molecule has 6 nitrogen and oxygen atoms in total. The Morgan fingerprint density at radius 3 is 2.68 bits per heavy atom. The molecule has 1 aromatic carbocycles. The molecule has 0 unspecified atom stereocenters. The molecular formula is C19H27N3O3. The summed E-state index contributed by atoms with van der Waals surface area (Å²) in [5, 5.41) is 5.59. The number of hydrogen-bond donors (Lipinski definition) is 2. The highest BCUT2D eigenvalue weighted by atomic mass is 16.6. The lowest BCUT2D eigenvalue weighted by molar-refractivity contribution is -0.116. The predicted octanol–water partition coefficient (Wildman–Crippen LogP) is 3.02. The number of carbonyl (C=O) groups excluding carboxylic acids is 2. The van der Waals surface area contributed by atoms with E-state index in [1.54, 1.807) is 20.8 Å². The summed E-state index contributed by atoms with van der Waals surface area (Å²) in [4.78, 5) is 26.3. The van der Waals surface area contributed by atoms with E-state index in [9.17, 15) is 9.59 Å². The summed E-state index contributed by atoms with van der Waals surface area (Å²) in [7, 11) is 0. The van der Waals surface area contributed by atoms with Gasteiger partial charge in [-0.2, -0.15) is 0 Å².